The number of carbonyl (C=O) groups is 1. The average molecular weight is 536 g/mol. The topological polar surface area (TPSA) is 88.5 Å². The number of hydrogen-bond acceptors (Lipinski definition) is 6. The Bertz CT molecular complexity index is 1410. The minimum absolute atomic E-state index is 0.389. The van der Waals surface area contributed by atoms with Crippen molar-refractivity contribution in [3.8, 4) is 0 Å². The van der Waals surface area contributed by atoms with Crippen molar-refractivity contribution in [3.63, 3.8) is 0 Å². The van der Waals surface area contributed by atoms with Gasteiger partial charge in [0.2, 0.25) is 0 Å². The molecule has 2 N–H and O–H groups in total. The molecule has 0 unspecified atom stereocenters. The normalized spacial score (nSPS) is 11.8. The summed E-state index contributed by atoms with van der Waals surface area (Å²) in [6.07, 6.45) is 5.68. The number of hydrogen-bond donors (Lipinski definition) is 2. The molecule has 206 valence electrons. The third-order valence-corrected chi connectivity index (χ3v) is 6.24. The Morgan fingerprint density at radius 1 is 0.825 bits per heavy atom. The smallest absolute Gasteiger partial charge is 0.407 e. The second-order valence-corrected chi connectivity index (χ2v) is 10.6. The summed E-state index contributed by atoms with van der Waals surface area (Å²) in [5.41, 5.74) is 7.72. The van der Waals surface area contributed by atoms with E-state index in [1.807, 2.05) is 75.5 Å². The molecule has 40 heavy (non-hydrogen) atoms. The number of ether oxygens (including phenoxy) is 1. The van der Waals surface area contributed by atoms with Gasteiger partial charge in [0.25, 0.3) is 0 Å². The Kier molecular flexibility index (Phi) is 9.76. The maximum Gasteiger partial charge on any atom is 0.407 e. The predicted octanol–water partition coefficient (Wildman–Crippen LogP) is 6.46. The molecule has 0 aliphatic rings. The molecule has 1 amide bonds. The van der Waals surface area contributed by atoms with E-state index < -0.39 is 11.7 Å². The van der Waals surface area contributed by atoms with Gasteiger partial charge >= 0.3 is 6.09 Å². The van der Waals surface area contributed by atoms with E-state index >= 15 is 0 Å². The standard InChI is InChI=1S/C33H37N5O2/c1-24-29(16-19-36-31(24)23-35-21-27-14-17-34-18-15-27)38-30(20-25-8-6-5-7-9-25)28-12-10-26(11-13-28)22-37-32(39)40-33(2,3)4/h5-19,35H,20-23H2,1-4H3,(H,37,39). The number of alkyl carbamates (subject to hydrolysis) is 1. The number of nitrogens with zero attached hydrogens (tertiary/aromatic N) is 3. The molecule has 0 radical (unpaired) electrons. The van der Waals surface area contributed by atoms with Crippen LogP contribution in [0.4, 0.5) is 10.5 Å². The van der Waals surface area contributed by atoms with Crippen molar-refractivity contribution in [1.29, 1.82) is 0 Å². The Labute approximate surface area is 236 Å². The van der Waals surface area contributed by atoms with E-state index in [0.29, 0.717) is 19.5 Å². The largest absolute Gasteiger partial charge is 0.444 e. The zero-order chi connectivity index (χ0) is 28.4. The van der Waals surface area contributed by atoms with Crippen molar-refractivity contribution >= 4 is 17.5 Å². The van der Waals surface area contributed by atoms with Crippen LogP contribution in [0, 0.1) is 6.92 Å². The lowest BCUT2D eigenvalue weighted by atomic mass is 10.0. The van der Waals surface area contributed by atoms with Gasteiger partial charge < -0.3 is 15.4 Å². The minimum Gasteiger partial charge on any atom is -0.444 e. The van der Waals surface area contributed by atoms with Crippen LogP contribution in [0.15, 0.2) is 96.4 Å². The van der Waals surface area contributed by atoms with Gasteiger partial charge in [0.15, 0.2) is 0 Å². The fourth-order valence-electron chi connectivity index (χ4n) is 4.14. The molecule has 0 spiro atoms. The number of aliphatic imine (C=N–C) groups is 1. The van der Waals surface area contributed by atoms with Crippen molar-refractivity contribution in [3.05, 3.63) is 125 Å². The summed E-state index contributed by atoms with van der Waals surface area (Å²) in [4.78, 5) is 25.9. The third-order valence-electron chi connectivity index (χ3n) is 6.24. The highest BCUT2D eigenvalue weighted by Gasteiger charge is 2.16. The molecule has 2 aromatic heterocycles. The van der Waals surface area contributed by atoms with Crippen LogP contribution in [0.2, 0.25) is 0 Å². The predicted molar refractivity (Wildman–Crippen MR) is 160 cm³/mol. The van der Waals surface area contributed by atoms with Gasteiger partial charge in [0.1, 0.15) is 5.60 Å². The van der Waals surface area contributed by atoms with Crippen LogP contribution in [0.5, 0.6) is 0 Å². The van der Waals surface area contributed by atoms with Crippen LogP contribution in [-0.2, 0) is 30.8 Å². The zero-order valence-corrected chi connectivity index (χ0v) is 23.6. The first-order valence-electron chi connectivity index (χ1n) is 13.5. The highest BCUT2D eigenvalue weighted by molar-refractivity contribution is 6.03. The molecule has 0 atom stereocenters. The van der Waals surface area contributed by atoms with Crippen molar-refractivity contribution < 1.29 is 9.53 Å². The van der Waals surface area contributed by atoms with Crippen LogP contribution in [0.25, 0.3) is 0 Å². The summed E-state index contributed by atoms with van der Waals surface area (Å²) in [6, 6.07) is 24.4. The molecule has 7 heteroatoms. The number of benzene rings is 2. The molecule has 0 aliphatic carbocycles. The van der Waals surface area contributed by atoms with Crippen molar-refractivity contribution in [2.45, 2.75) is 59.4 Å². The molecule has 0 saturated carbocycles. The molecule has 4 aromatic rings. The number of carbonyl (C=O) groups excluding carboxylic acids is 1. The van der Waals surface area contributed by atoms with E-state index in [1.54, 1.807) is 12.4 Å². The van der Waals surface area contributed by atoms with Gasteiger partial charge in [0, 0.05) is 44.6 Å². The number of nitrogens with one attached hydrogen (secondary N) is 2. The fourth-order valence-corrected chi connectivity index (χ4v) is 4.14. The highest BCUT2D eigenvalue weighted by atomic mass is 16.6. The molecular formula is C33H37N5O2. The monoisotopic (exact) mass is 535 g/mol. The van der Waals surface area contributed by atoms with Crippen LogP contribution in [-0.4, -0.2) is 27.4 Å². The first-order valence-corrected chi connectivity index (χ1v) is 13.5. The lowest BCUT2D eigenvalue weighted by Gasteiger charge is -2.19. The number of aromatic nitrogens is 2. The number of amides is 1. The molecule has 0 bridgehead atoms. The molecule has 2 aromatic carbocycles. The van der Waals surface area contributed by atoms with Gasteiger partial charge in [-0.15, -0.1) is 0 Å². The van der Waals surface area contributed by atoms with Crippen LogP contribution < -0.4 is 10.6 Å². The lowest BCUT2D eigenvalue weighted by Crippen LogP contribution is -2.32. The fraction of sp³-hybridized carbons (Fsp3) is 0.273. The van der Waals surface area contributed by atoms with Crippen LogP contribution >= 0.6 is 0 Å². The molecule has 2 heterocycles. The van der Waals surface area contributed by atoms with Crippen molar-refractivity contribution in [2.24, 2.45) is 4.99 Å². The summed E-state index contributed by atoms with van der Waals surface area (Å²) in [7, 11) is 0. The Balaban J connectivity index is 1.52. The van der Waals surface area contributed by atoms with E-state index in [-0.39, 0.29) is 0 Å². The molecule has 7 nitrogen and oxygen atoms in total. The quantitative estimate of drug-likeness (QED) is 0.228. The summed E-state index contributed by atoms with van der Waals surface area (Å²) >= 11 is 0. The second-order valence-electron chi connectivity index (χ2n) is 10.6. The molecular weight excluding hydrogens is 498 g/mol. The van der Waals surface area contributed by atoms with E-state index in [4.69, 9.17) is 9.73 Å². The Hall–Kier alpha value is -4.36. The Morgan fingerprint density at radius 2 is 1.52 bits per heavy atom. The van der Waals surface area contributed by atoms with Gasteiger partial charge in [0.05, 0.1) is 17.1 Å². The second kappa shape index (κ2) is 13.6. The first kappa shape index (κ1) is 28.6. The lowest BCUT2D eigenvalue weighted by molar-refractivity contribution is 0.0523. The van der Waals surface area contributed by atoms with E-state index in [0.717, 1.165) is 40.3 Å². The van der Waals surface area contributed by atoms with E-state index in [2.05, 4.69) is 51.8 Å². The van der Waals surface area contributed by atoms with Crippen molar-refractivity contribution in [2.75, 3.05) is 0 Å². The average Bonchev–Trinajstić information content (AvgIpc) is 2.94. The van der Waals surface area contributed by atoms with Crippen LogP contribution in [0.1, 0.15) is 54.3 Å². The van der Waals surface area contributed by atoms with Gasteiger partial charge in [-0.3, -0.25) is 15.0 Å². The summed E-state index contributed by atoms with van der Waals surface area (Å²) in [5.74, 6) is 0. The molecule has 0 saturated heterocycles. The summed E-state index contributed by atoms with van der Waals surface area (Å²) < 4.78 is 5.34. The molecule has 0 fully saturated rings. The summed E-state index contributed by atoms with van der Waals surface area (Å²) in [6.45, 7) is 9.39. The van der Waals surface area contributed by atoms with Gasteiger partial charge in [-0.25, -0.2) is 4.79 Å². The zero-order valence-electron chi connectivity index (χ0n) is 23.6. The number of rotatable bonds is 10. The SMILES string of the molecule is Cc1c(N=C(Cc2ccccc2)c2ccc(CNC(=O)OC(C)(C)C)cc2)ccnc1CNCc1ccncc1. The van der Waals surface area contributed by atoms with Gasteiger partial charge in [-0.2, -0.15) is 0 Å². The van der Waals surface area contributed by atoms with Crippen LogP contribution in [0.3, 0.4) is 0 Å². The maximum absolute atomic E-state index is 12.0. The van der Waals surface area contributed by atoms with E-state index in [1.165, 1.54) is 11.1 Å². The summed E-state index contributed by atoms with van der Waals surface area (Å²) in [5, 5.41) is 6.29. The van der Waals surface area contributed by atoms with Gasteiger partial charge in [-0.1, -0.05) is 54.6 Å². The third kappa shape index (κ3) is 8.85. The maximum atomic E-state index is 12.0. The van der Waals surface area contributed by atoms with Gasteiger partial charge in [-0.05, 0) is 73.7 Å². The molecule has 4 rings (SSSR count). The Morgan fingerprint density at radius 3 is 2.23 bits per heavy atom. The van der Waals surface area contributed by atoms with E-state index in [9.17, 15) is 4.79 Å². The minimum atomic E-state index is -0.530. The first-order chi connectivity index (χ1) is 19.3. The van der Waals surface area contributed by atoms with Crippen molar-refractivity contribution in [1.82, 2.24) is 20.6 Å². The highest BCUT2D eigenvalue weighted by Crippen LogP contribution is 2.23. The number of pyridine rings is 2. The molecule has 0 aliphatic heterocycles.